The molecule has 0 fully saturated rings. The second-order valence-corrected chi connectivity index (χ2v) is 5.45. The van der Waals surface area contributed by atoms with Gasteiger partial charge in [0.2, 0.25) is 0 Å². The van der Waals surface area contributed by atoms with Gasteiger partial charge in [0.15, 0.2) is 0 Å². The van der Waals surface area contributed by atoms with Gasteiger partial charge in [-0.05, 0) is 26.8 Å². The Morgan fingerprint density at radius 3 is 2.65 bits per heavy atom. The number of aromatic nitrogens is 3. The van der Waals surface area contributed by atoms with E-state index in [0.717, 1.165) is 23.6 Å². The van der Waals surface area contributed by atoms with Crippen molar-refractivity contribution in [2.75, 3.05) is 0 Å². The Balaban J connectivity index is 2.17. The molecule has 2 heterocycles. The van der Waals surface area contributed by atoms with E-state index in [9.17, 15) is 4.79 Å². The fourth-order valence-electron chi connectivity index (χ4n) is 2.10. The third-order valence-electron chi connectivity index (χ3n) is 3.51. The molecule has 1 N–H and O–H groups in total. The minimum absolute atomic E-state index is 0.00418. The van der Waals surface area contributed by atoms with Crippen LogP contribution in [0.25, 0.3) is 0 Å². The fraction of sp³-hybridized carbons (Fsp3) is 0.467. The SMILES string of the molecule is Cc1ccc(CN(Cc2nccn2C)C(C)C)c(=O)[nH]1. The van der Waals surface area contributed by atoms with Crippen LogP contribution in [0.4, 0.5) is 0 Å². The minimum Gasteiger partial charge on any atom is -0.337 e. The molecule has 0 bridgehead atoms. The maximum Gasteiger partial charge on any atom is 0.252 e. The molecule has 0 unspecified atom stereocenters. The predicted molar refractivity (Wildman–Crippen MR) is 79.4 cm³/mol. The average molecular weight is 274 g/mol. The number of imidazole rings is 1. The van der Waals surface area contributed by atoms with Crippen molar-refractivity contribution in [3.05, 3.63) is 52.0 Å². The van der Waals surface area contributed by atoms with Gasteiger partial charge in [-0.15, -0.1) is 0 Å². The van der Waals surface area contributed by atoms with Crippen LogP contribution >= 0.6 is 0 Å². The van der Waals surface area contributed by atoms with Crippen LogP contribution in [0.3, 0.4) is 0 Å². The summed E-state index contributed by atoms with van der Waals surface area (Å²) in [5.41, 5.74) is 1.67. The van der Waals surface area contributed by atoms with Crippen LogP contribution < -0.4 is 5.56 Å². The molecule has 0 spiro atoms. The number of rotatable bonds is 5. The van der Waals surface area contributed by atoms with Crippen LogP contribution in [0.15, 0.2) is 29.3 Å². The van der Waals surface area contributed by atoms with Crippen molar-refractivity contribution in [2.45, 2.75) is 39.9 Å². The first-order valence-corrected chi connectivity index (χ1v) is 6.86. The molecule has 0 aliphatic rings. The van der Waals surface area contributed by atoms with Crippen molar-refractivity contribution < 1.29 is 0 Å². The van der Waals surface area contributed by atoms with E-state index in [2.05, 4.69) is 28.7 Å². The summed E-state index contributed by atoms with van der Waals surface area (Å²) < 4.78 is 2.01. The van der Waals surface area contributed by atoms with E-state index in [0.29, 0.717) is 12.6 Å². The molecule has 0 saturated heterocycles. The number of nitrogens with one attached hydrogen (secondary N) is 1. The highest BCUT2D eigenvalue weighted by atomic mass is 16.1. The predicted octanol–water partition coefficient (Wildman–Crippen LogP) is 1.83. The number of pyridine rings is 1. The van der Waals surface area contributed by atoms with Gasteiger partial charge in [-0.3, -0.25) is 9.69 Å². The van der Waals surface area contributed by atoms with Gasteiger partial charge in [0.1, 0.15) is 5.82 Å². The van der Waals surface area contributed by atoms with Crippen LogP contribution in [0.5, 0.6) is 0 Å². The van der Waals surface area contributed by atoms with Crippen LogP contribution in [0.1, 0.15) is 30.9 Å². The van der Waals surface area contributed by atoms with Crippen LogP contribution in [-0.2, 0) is 20.1 Å². The lowest BCUT2D eigenvalue weighted by molar-refractivity contribution is 0.196. The van der Waals surface area contributed by atoms with Crippen molar-refractivity contribution in [3.63, 3.8) is 0 Å². The molecule has 2 aromatic rings. The van der Waals surface area contributed by atoms with Crippen molar-refractivity contribution in [2.24, 2.45) is 7.05 Å². The van der Waals surface area contributed by atoms with Crippen LogP contribution in [-0.4, -0.2) is 25.5 Å². The number of aryl methyl sites for hydroxylation is 2. The summed E-state index contributed by atoms with van der Waals surface area (Å²) in [5, 5.41) is 0. The highest BCUT2D eigenvalue weighted by Crippen LogP contribution is 2.10. The summed E-state index contributed by atoms with van der Waals surface area (Å²) in [6.07, 6.45) is 3.74. The van der Waals surface area contributed by atoms with Crippen molar-refractivity contribution in [1.82, 2.24) is 19.4 Å². The second kappa shape index (κ2) is 6.05. The maximum absolute atomic E-state index is 12.0. The molecule has 5 nitrogen and oxygen atoms in total. The lowest BCUT2D eigenvalue weighted by Crippen LogP contribution is -2.33. The molecule has 108 valence electrons. The zero-order valence-electron chi connectivity index (χ0n) is 12.6. The van der Waals surface area contributed by atoms with E-state index in [1.54, 1.807) is 6.20 Å². The Kier molecular flexibility index (Phi) is 4.39. The summed E-state index contributed by atoms with van der Waals surface area (Å²) in [5.74, 6) is 1.00. The normalized spacial score (nSPS) is 11.5. The summed E-state index contributed by atoms with van der Waals surface area (Å²) in [7, 11) is 1.99. The molecule has 0 saturated carbocycles. The molecule has 5 heteroatoms. The first-order chi connectivity index (χ1) is 9.47. The molecule has 0 amide bonds. The largest absolute Gasteiger partial charge is 0.337 e. The highest BCUT2D eigenvalue weighted by molar-refractivity contribution is 5.13. The zero-order valence-corrected chi connectivity index (χ0v) is 12.6. The van der Waals surface area contributed by atoms with E-state index in [-0.39, 0.29) is 5.56 Å². The molecule has 0 aliphatic carbocycles. The first-order valence-electron chi connectivity index (χ1n) is 6.86. The average Bonchev–Trinajstić information content (AvgIpc) is 2.77. The topological polar surface area (TPSA) is 53.9 Å². The van der Waals surface area contributed by atoms with Crippen molar-refractivity contribution in [3.8, 4) is 0 Å². The van der Waals surface area contributed by atoms with Crippen molar-refractivity contribution in [1.29, 1.82) is 0 Å². The lowest BCUT2D eigenvalue weighted by atomic mass is 10.2. The van der Waals surface area contributed by atoms with E-state index in [1.165, 1.54) is 0 Å². The minimum atomic E-state index is -0.00418. The van der Waals surface area contributed by atoms with Gasteiger partial charge >= 0.3 is 0 Å². The van der Waals surface area contributed by atoms with Gasteiger partial charge in [-0.2, -0.15) is 0 Å². The number of aromatic amines is 1. The molecule has 2 aromatic heterocycles. The molecule has 0 aromatic carbocycles. The number of nitrogens with zero attached hydrogens (tertiary/aromatic N) is 3. The lowest BCUT2D eigenvalue weighted by Gasteiger charge is -2.25. The molecule has 0 radical (unpaired) electrons. The Morgan fingerprint density at radius 1 is 1.35 bits per heavy atom. The molecule has 0 aliphatic heterocycles. The smallest absolute Gasteiger partial charge is 0.252 e. The molecular weight excluding hydrogens is 252 g/mol. The number of hydrogen-bond donors (Lipinski definition) is 1. The van der Waals surface area contributed by atoms with Gasteiger partial charge in [-0.25, -0.2) is 4.98 Å². The van der Waals surface area contributed by atoms with Gasteiger partial charge in [0, 0.05) is 43.3 Å². The molecule has 2 rings (SSSR count). The van der Waals surface area contributed by atoms with Crippen molar-refractivity contribution >= 4 is 0 Å². The third kappa shape index (κ3) is 3.36. The Bertz CT molecular complexity index is 627. The van der Waals surface area contributed by atoms with Crippen LogP contribution in [0, 0.1) is 6.92 Å². The fourth-order valence-corrected chi connectivity index (χ4v) is 2.10. The van der Waals surface area contributed by atoms with E-state index >= 15 is 0 Å². The van der Waals surface area contributed by atoms with E-state index < -0.39 is 0 Å². The zero-order chi connectivity index (χ0) is 14.7. The van der Waals surface area contributed by atoms with E-state index in [1.807, 2.05) is 36.9 Å². The summed E-state index contributed by atoms with van der Waals surface area (Å²) in [4.78, 5) is 21.4. The van der Waals surface area contributed by atoms with Gasteiger partial charge in [-0.1, -0.05) is 6.07 Å². The van der Waals surface area contributed by atoms with E-state index in [4.69, 9.17) is 0 Å². The Hall–Kier alpha value is -1.88. The first kappa shape index (κ1) is 14.5. The van der Waals surface area contributed by atoms with Crippen LogP contribution in [0.2, 0.25) is 0 Å². The summed E-state index contributed by atoms with van der Waals surface area (Å²) in [6.45, 7) is 7.50. The molecule has 20 heavy (non-hydrogen) atoms. The monoisotopic (exact) mass is 274 g/mol. The van der Waals surface area contributed by atoms with Gasteiger partial charge < -0.3 is 9.55 Å². The number of H-pyrrole nitrogens is 1. The third-order valence-corrected chi connectivity index (χ3v) is 3.51. The standard InChI is InChI=1S/C15H22N4O/c1-11(2)19(10-14-16-7-8-18(14)4)9-13-6-5-12(3)17-15(13)20/h5-8,11H,9-10H2,1-4H3,(H,17,20). The van der Waals surface area contributed by atoms with Gasteiger partial charge in [0.25, 0.3) is 5.56 Å². The quantitative estimate of drug-likeness (QED) is 0.905. The maximum atomic E-state index is 12.0. The summed E-state index contributed by atoms with van der Waals surface area (Å²) >= 11 is 0. The summed E-state index contributed by atoms with van der Waals surface area (Å²) in [6, 6.07) is 4.19. The molecule has 0 atom stereocenters. The highest BCUT2D eigenvalue weighted by Gasteiger charge is 2.14. The Labute approximate surface area is 119 Å². The number of hydrogen-bond acceptors (Lipinski definition) is 3. The van der Waals surface area contributed by atoms with Gasteiger partial charge in [0.05, 0.1) is 6.54 Å². The Morgan fingerprint density at radius 2 is 2.10 bits per heavy atom. The second-order valence-electron chi connectivity index (χ2n) is 5.45. The molecular formula is C15H22N4O.